The summed E-state index contributed by atoms with van der Waals surface area (Å²) in [6.07, 6.45) is 1.31. The minimum absolute atomic E-state index is 0.0798. The van der Waals surface area contributed by atoms with Gasteiger partial charge < -0.3 is 15.2 Å². The maximum absolute atomic E-state index is 12.6. The number of hydrogen-bond acceptors (Lipinski definition) is 5. The number of hydrazone groups is 1. The van der Waals surface area contributed by atoms with Crippen molar-refractivity contribution in [3.05, 3.63) is 58.1 Å². The molecule has 3 rings (SSSR count). The van der Waals surface area contributed by atoms with Gasteiger partial charge in [0.15, 0.2) is 11.5 Å². The predicted octanol–water partition coefficient (Wildman–Crippen LogP) is 2.53. The third kappa shape index (κ3) is 4.33. The maximum atomic E-state index is 12.6. The number of benzene rings is 2. The highest BCUT2D eigenvalue weighted by molar-refractivity contribution is 9.10. The van der Waals surface area contributed by atoms with Crippen molar-refractivity contribution in [3.8, 4) is 11.5 Å². The number of carbonyl (C=O) groups excluding carboxylic acids is 2. The number of hydrogen-bond donors (Lipinski definition) is 3. The van der Waals surface area contributed by atoms with E-state index in [0.29, 0.717) is 28.9 Å². The Kier molecular flexibility index (Phi) is 6.30. The van der Waals surface area contributed by atoms with E-state index in [1.165, 1.54) is 6.21 Å². The van der Waals surface area contributed by atoms with Gasteiger partial charge in [-0.1, -0.05) is 46.3 Å². The van der Waals surface area contributed by atoms with Gasteiger partial charge in [-0.05, 0) is 24.6 Å². The molecule has 3 N–H and O–H groups in total. The van der Waals surface area contributed by atoms with Gasteiger partial charge in [0.05, 0.1) is 12.8 Å². The van der Waals surface area contributed by atoms with E-state index in [0.717, 1.165) is 5.56 Å². The minimum atomic E-state index is -0.866. The van der Waals surface area contributed by atoms with E-state index in [2.05, 4.69) is 31.8 Å². The molecule has 1 saturated heterocycles. The number of aromatic hydroxyl groups is 1. The van der Waals surface area contributed by atoms with Crippen LogP contribution in [0.15, 0.2) is 52.0 Å². The zero-order valence-corrected chi connectivity index (χ0v) is 16.8. The molecule has 1 aliphatic rings. The monoisotopic (exact) mass is 445 g/mol. The van der Waals surface area contributed by atoms with E-state index >= 15 is 0 Å². The number of nitrogens with zero attached hydrogens (tertiary/aromatic N) is 1. The van der Waals surface area contributed by atoms with E-state index < -0.39 is 11.8 Å². The average molecular weight is 446 g/mol. The second kappa shape index (κ2) is 8.88. The van der Waals surface area contributed by atoms with Gasteiger partial charge in [-0.25, -0.2) is 5.43 Å². The molecule has 0 aliphatic carbocycles. The molecule has 146 valence electrons. The summed E-state index contributed by atoms with van der Waals surface area (Å²) in [5.74, 6) is -1.72. The summed E-state index contributed by atoms with van der Waals surface area (Å²) >= 11 is 3.34. The van der Waals surface area contributed by atoms with Gasteiger partial charge in [-0.3, -0.25) is 9.59 Å². The van der Waals surface area contributed by atoms with Crippen LogP contribution in [0.4, 0.5) is 0 Å². The lowest BCUT2D eigenvalue weighted by atomic mass is 9.88. The number of halogens is 1. The van der Waals surface area contributed by atoms with Gasteiger partial charge in [0.25, 0.3) is 5.91 Å². The van der Waals surface area contributed by atoms with Crippen molar-refractivity contribution >= 4 is 34.0 Å². The van der Waals surface area contributed by atoms with Crippen LogP contribution >= 0.6 is 15.9 Å². The summed E-state index contributed by atoms with van der Waals surface area (Å²) < 4.78 is 6.06. The maximum Gasteiger partial charge on any atom is 0.253 e. The second-order valence-electron chi connectivity index (χ2n) is 6.25. The molecule has 28 heavy (non-hydrogen) atoms. The van der Waals surface area contributed by atoms with E-state index in [4.69, 9.17) is 4.74 Å². The van der Waals surface area contributed by atoms with Crippen LogP contribution in [0.2, 0.25) is 0 Å². The van der Waals surface area contributed by atoms with Crippen LogP contribution in [0.25, 0.3) is 0 Å². The SMILES string of the molecule is CCOc1cc(Br)cc(C=NNC(=O)C2C(=O)NCC2c2ccccc2)c1O. The van der Waals surface area contributed by atoms with Crippen LogP contribution in [-0.4, -0.2) is 36.3 Å². The molecular formula is C20H20BrN3O4. The number of ether oxygens (including phenoxy) is 1. The third-order valence-electron chi connectivity index (χ3n) is 4.44. The van der Waals surface area contributed by atoms with Crippen LogP contribution in [-0.2, 0) is 9.59 Å². The number of amides is 2. The minimum Gasteiger partial charge on any atom is -0.504 e. The van der Waals surface area contributed by atoms with Gasteiger partial charge in [0.1, 0.15) is 5.92 Å². The van der Waals surface area contributed by atoms with Gasteiger partial charge in [0.2, 0.25) is 5.91 Å². The molecule has 1 fully saturated rings. The van der Waals surface area contributed by atoms with E-state index in [1.54, 1.807) is 12.1 Å². The molecule has 2 atom stereocenters. The largest absolute Gasteiger partial charge is 0.504 e. The molecule has 8 heteroatoms. The zero-order valence-electron chi connectivity index (χ0n) is 15.2. The second-order valence-corrected chi connectivity index (χ2v) is 7.16. The Hall–Kier alpha value is -2.87. The normalized spacial score (nSPS) is 18.9. The summed E-state index contributed by atoms with van der Waals surface area (Å²) in [4.78, 5) is 24.7. The Morgan fingerprint density at radius 3 is 2.86 bits per heavy atom. The van der Waals surface area contributed by atoms with Crippen molar-refractivity contribution in [3.63, 3.8) is 0 Å². The Bertz CT molecular complexity index is 902. The first kappa shape index (κ1) is 19.9. The first-order valence-corrected chi connectivity index (χ1v) is 9.61. The molecule has 0 saturated carbocycles. The molecular weight excluding hydrogens is 426 g/mol. The molecule has 2 aromatic carbocycles. The molecule has 0 radical (unpaired) electrons. The van der Waals surface area contributed by atoms with Crippen molar-refractivity contribution in [1.82, 2.24) is 10.7 Å². The van der Waals surface area contributed by atoms with Crippen LogP contribution in [0, 0.1) is 5.92 Å². The van der Waals surface area contributed by atoms with Gasteiger partial charge in [-0.2, -0.15) is 5.10 Å². The van der Waals surface area contributed by atoms with Gasteiger partial charge in [0, 0.05) is 22.5 Å². The lowest BCUT2D eigenvalue weighted by Crippen LogP contribution is -2.34. The lowest BCUT2D eigenvalue weighted by molar-refractivity contribution is -0.133. The molecule has 2 aromatic rings. The standard InChI is InChI=1S/C20H20BrN3O4/c1-2-28-16-9-14(21)8-13(18(16)25)10-23-24-20(27)17-15(11-22-19(17)26)12-6-4-3-5-7-12/h3-10,15,17,25H,2,11H2,1H3,(H,22,26)(H,24,27). The number of carbonyl (C=O) groups is 2. The Morgan fingerprint density at radius 1 is 1.39 bits per heavy atom. The fourth-order valence-electron chi connectivity index (χ4n) is 3.13. The molecule has 7 nitrogen and oxygen atoms in total. The summed E-state index contributed by atoms with van der Waals surface area (Å²) in [5, 5.41) is 16.9. The summed E-state index contributed by atoms with van der Waals surface area (Å²) in [6, 6.07) is 12.7. The number of phenols is 1. The fraction of sp³-hybridized carbons (Fsp3) is 0.250. The van der Waals surface area contributed by atoms with Gasteiger partial charge in [-0.15, -0.1) is 0 Å². The van der Waals surface area contributed by atoms with Crippen LogP contribution in [0.5, 0.6) is 11.5 Å². The Morgan fingerprint density at radius 2 is 2.14 bits per heavy atom. The third-order valence-corrected chi connectivity index (χ3v) is 4.90. The number of phenolic OH excluding ortho intramolecular Hbond substituents is 1. The highest BCUT2D eigenvalue weighted by Gasteiger charge is 2.40. The highest BCUT2D eigenvalue weighted by atomic mass is 79.9. The summed E-state index contributed by atoms with van der Waals surface area (Å²) in [5.41, 5.74) is 3.69. The Balaban J connectivity index is 1.73. The van der Waals surface area contributed by atoms with Crippen LogP contribution < -0.4 is 15.5 Å². The van der Waals surface area contributed by atoms with Crippen molar-refractivity contribution in [2.45, 2.75) is 12.8 Å². The van der Waals surface area contributed by atoms with Gasteiger partial charge >= 0.3 is 0 Å². The number of rotatable bonds is 6. The molecule has 1 aliphatic heterocycles. The van der Waals surface area contributed by atoms with Crippen molar-refractivity contribution in [2.75, 3.05) is 13.2 Å². The zero-order chi connectivity index (χ0) is 20.1. The smallest absolute Gasteiger partial charge is 0.253 e. The quantitative estimate of drug-likeness (QED) is 0.361. The molecule has 0 aromatic heterocycles. The summed E-state index contributed by atoms with van der Waals surface area (Å²) in [6.45, 7) is 2.61. The molecule has 1 heterocycles. The average Bonchev–Trinajstić information content (AvgIpc) is 3.07. The van der Waals surface area contributed by atoms with Crippen molar-refractivity contribution < 1.29 is 19.4 Å². The number of nitrogens with one attached hydrogen (secondary N) is 2. The molecule has 0 bridgehead atoms. The van der Waals surface area contributed by atoms with Crippen LogP contribution in [0.1, 0.15) is 24.0 Å². The first-order valence-electron chi connectivity index (χ1n) is 8.82. The Labute approximate surface area is 170 Å². The fourth-order valence-corrected chi connectivity index (χ4v) is 3.58. The van der Waals surface area contributed by atoms with Crippen LogP contribution in [0.3, 0.4) is 0 Å². The molecule has 2 amide bonds. The molecule has 2 unspecified atom stereocenters. The van der Waals surface area contributed by atoms with Crippen molar-refractivity contribution in [2.24, 2.45) is 11.0 Å². The van der Waals surface area contributed by atoms with E-state index in [1.807, 2.05) is 37.3 Å². The first-order chi connectivity index (χ1) is 13.5. The highest BCUT2D eigenvalue weighted by Crippen LogP contribution is 2.33. The topological polar surface area (TPSA) is 100 Å². The van der Waals surface area contributed by atoms with E-state index in [9.17, 15) is 14.7 Å². The lowest BCUT2D eigenvalue weighted by Gasteiger charge is -2.15. The predicted molar refractivity (Wildman–Crippen MR) is 108 cm³/mol. The summed E-state index contributed by atoms with van der Waals surface area (Å²) in [7, 11) is 0. The van der Waals surface area contributed by atoms with E-state index in [-0.39, 0.29) is 17.6 Å². The van der Waals surface area contributed by atoms with Crippen molar-refractivity contribution in [1.29, 1.82) is 0 Å². The molecule has 0 spiro atoms.